The maximum absolute atomic E-state index is 12.0. The molecule has 0 aliphatic carbocycles. The number of fused-ring (bicyclic) bond motifs is 1. The van der Waals surface area contributed by atoms with Gasteiger partial charge in [0.25, 0.3) is 0 Å². The molecule has 2 heterocycles. The Morgan fingerprint density at radius 3 is 3.25 bits per heavy atom. The molecule has 4 nitrogen and oxygen atoms in total. The SMILES string of the molecule is [2H]c1cn2c(C(=O)OCC)c(C([2H])([2H])[2H])nc2c([2H])c1C. The molecule has 0 atom stereocenters. The highest BCUT2D eigenvalue weighted by Gasteiger charge is 2.17. The van der Waals surface area contributed by atoms with Crippen LogP contribution in [0.1, 0.15) is 35.5 Å². The molecule has 0 aliphatic rings. The number of pyridine rings is 1. The minimum Gasteiger partial charge on any atom is -0.461 e. The summed E-state index contributed by atoms with van der Waals surface area (Å²) in [7, 11) is 0. The standard InChI is InChI=1S/C12H14N2O2/c1-4-16-12(15)11-9(3)13-10-7-8(2)5-6-14(10)11/h5-7H,4H2,1-3H3/i3D3,5D,7D. The first-order valence-corrected chi connectivity index (χ1v) is 4.85. The molecular formula is C12H14N2O2. The minimum atomic E-state index is -2.61. The maximum atomic E-state index is 12.0. The van der Waals surface area contributed by atoms with Crippen LogP contribution in [0.3, 0.4) is 0 Å². The molecular weight excluding hydrogens is 204 g/mol. The molecule has 0 saturated carbocycles. The number of carbonyl (C=O) groups is 1. The van der Waals surface area contributed by atoms with E-state index in [4.69, 9.17) is 11.6 Å². The third kappa shape index (κ3) is 1.66. The average Bonchev–Trinajstić information content (AvgIpc) is 2.75. The second kappa shape index (κ2) is 3.96. The molecule has 2 aromatic rings. The van der Waals surface area contributed by atoms with E-state index in [1.807, 2.05) is 0 Å². The molecule has 4 heteroatoms. The monoisotopic (exact) mass is 223 g/mol. The Hall–Kier alpha value is -1.84. The van der Waals surface area contributed by atoms with Crippen molar-refractivity contribution < 1.29 is 16.4 Å². The molecule has 0 radical (unpaired) electrons. The molecule has 0 N–H and O–H groups in total. The van der Waals surface area contributed by atoms with Crippen molar-refractivity contribution in [1.29, 1.82) is 0 Å². The Bertz CT molecular complexity index is 721. The molecule has 0 saturated heterocycles. The predicted molar refractivity (Wildman–Crippen MR) is 60.6 cm³/mol. The summed E-state index contributed by atoms with van der Waals surface area (Å²) >= 11 is 0. The van der Waals surface area contributed by atoms with Crippen molar-refractivity contribution in [3.05, 3.63) is 35.2 Å². The fraction of sp³-hybridized carbons (Fsp3) is 0.333. The van der Waals surface area contributed by atoms with Gasteiger partial charge in [0.1, 0.15) is 5.65 Å². The van der Waals surface area contributed by atoms with E-state index in [9.17, 15) is 4.79 Å². The molecule has 0 aliphatic heterocycles. The lowest BCUT2D eigenvalue weighted by Gasteiger charge is -2.02. The molecule has 0 fully saturated rings. The molecule has 2 rings (SSSR count). The third-order valence-corrected chi connectivity index (χ3v) is 2.09. The van der Waals surface area contributed by atoms with Crippen molar-refractivity contribution in [2.75, 3.05) is 6.61 Å². The Labute approximate surface area is 101 Å². The van der Waals surface area contributed by atoms with E-state index < -0.39 is 18.5 Å². The minimum absolute atomic E-state index is 0.0209. The molecule has 0 spiro atoms. The van der Waals surface area contributed by atoms with Crippen LogP contribution < -0.4 is 0 Å². The van der Waals surface area contributed by atoms with Gasteiger partial charge < -0.3 is 4.74 Å². The van der Waals surface area contributed by atoms with E-state index in [1.54, 1.807) is 13.8 Å². The largest absolute Gasteiger partial charge is 0.461 e. The highest BCUT2D eigenvalue weighted by Crippen LogP contribution is 2.14. The number of imidazole rings is 1. The van der Waals surface area contributed by atoms with E-state index in [2.05, 4.69) is 4.98 Å². The Balaban J connectivity index is 2.87. The summed E-state index contributed by atoms with van der Waals surface area (Å²) in [6.45, 7) is 0.640. The molecule has 0 unspecified atom stereocenters. The lowest BCUT2D eigenvalue weighted by Crippen LogP contribution is -2.09. The van der Waals surface area contributed by atoms with Gasteiger partial charge in [-0.15, -0.1) is 0 Å². The molecule has 84 valence electrons. The zero-order valence-corrected chi connectivity index (χ0v) is 9.00. The average molecular weight is 223 g/mol. The number of esters is 1. The van der Waals surface area contributed by atoms with Crippen LogP contribution in [0.15, 0.2) is 18.3 Å². The summed E-state index contributed by atoms with van der Waals surface area (Å²) in [6.07, 6.45) is 1.27. The Kier molecular flexibility index (Phi) is 1.49. The fourth-order valence-corrected chi connectivity index (χ4v) is 1.41. The van der Waals surface area contributed by atoms with Gasteiger partial charge in [-0.05, 0) is 38.3 Å². The normalized spacial score (nSPS) is 16.0. The number of ether oxygens (including phenoxy) is 1. The molecule has 0 amide bonds. The third-order valence-electron chi connectivity index (χ3n) is 2.09. The first-order valence-electron chi connectivity index (χ1n) is 7.35. The van der Waals surface area contributed by atoms with E-state index in [0.717, 1.165) is 4.40 Å². The summed E-state index contributed by atoms with van der Waals surface area (Å²) in [4.78, 5) is 16.0. The molecule has 0 aromatic carbocycles. The number of carbonyl (C=O) groups excluding carboxylic acids is 1. The van der Waals surface area contributed by atoms with Crippen LogP contribution in [-0.4, -0.2) is 22.0 Å². The highest BCUT2D eigenvalue weighted by molar-refractivity contribution is 5.90. The topological polar surface area (TPSA) is 43.6 Å². The van der Waals surface area contributed by atoms with Crippen LogP contribution >= 0.6 is 0 Å². The van der Waals surface area contributed by atoms with Gasteiger partial charge in [-0.2, -0.15) is 0 Å². The number of hydrogen-bond acceptors (Lipinski definition) is 3. The Morgan fingerprint density at radius 1 is 1.75 bits per heavy atom. The van der Waals surface area contributed by atoms with Crippen molar-refractivity contribution in [3.8, 4) is 0 Å². The van der Waals surface area contributed by atoms with Crippen LogP contribution in [0.5, 0.6) is 0 Å². The van der Waals surface area contributed by atoms with E-state index in [-0.39, 0.29) is 30.0 Å². The summed E-state index contributed by atoms with van der Waals surface area (Å²) in [6, 6.07) is -0.0592. The van der Waals surface area contributed by atoms with Gasteiger partial charge in [-0.1, -0.05) is 0 Å². The summed E-state index contributed by atoms with van der Waals surface area (Å²) in [5.41, 5.74) is -0.286. The zero-order chi connectivity index (χ0) is 15.9. The van der Waals surface area contributed by atoms with Crippen LogP contribution in [-0.2, 0) is 4.74 Å². The van der Waals surface area contributed by atoms with Crippen LogP contribution in [0.4, 0.5) is 0 Å². The molecule has 2 aromatic heterocycles. The van der Waals surface area contributed by atoms with Gasteiger partial charge in [0, 0.05) is 10.3 Å². The van der Waals surface area contributed by atoms with Gasteiger partial charge in [-0.3, -0.25) is 4.40 Å². The van der Waals surface area contributed by atoms with Crippen molar-refractivity contribution in [1.82, 2.24) is 9.38 Å². The van der Waals surface area contributed by atoms with E-state index in [0.29, 0.717) is 5.56 Å². The first-order chi connectivity index (χ1) is 9.68. The van der Waals surface area contributed by atoms with E-state index >= 15 is 0 Å². The van der Waals surface area contributed by atoms with Crippen molar-refractivity contribution in [2.24, 2.45) is 0 Å². The maximum Gasteiger partial charge on any atom is 0.357 e. The first kappa shape index (κ1) is 6.03. The highest BCUT2D eigenvalue weighted by atomic mass is 16.5. The van der Waals surface area contributed by atoms with Crippen molar-refractivity contribution in [3.63, 3.8) is 0 Å². The van der Waals surface area contributed by atoms with E-state index in [1.165, 1.54) is 6.20 Å². The smallest absolute Gasteiger partial charge is 0.357 e. The second-order valence-electron chi connectivity index (χ2n) is 3.25. The summed E-state index contributed by atoms with van der Waals surface area (Å²) in [5, 5.41) is 0. The van der Waals surface area contributed by atoms with Gasteiger partial charge in [0.15, 0.2) is 5.69 Å². The molecule has 16 heavy (non-hydrogen) atoms. The van der Waals surface area contributed by atoms with Gasteiger partial charge in [-0.25, -0.2) is 9.78 Å². The fourth-order valence-electron chi connectivity index (χ4n) is 1.41. The van der Waals surface area contributed by atoms with Gasteiger partial charge in [0.2, 0.25) is 0 Å². The van der Waals surface area contributed by atoms with Crippen LogP contribution in [0.25, 0.3) is 5.65 Å². The predicted octanol–water partition coefficient (Wildman–Crippen LogP) is 2.13. The number of aryl methyl sites for hydroxylation is 1. The van der Waals surface area contributed by atoms with Gasteiger partial charge >= 0.3 is 5.97 Å². The summed E-state index contributed by atoms with van der Waals surface area (Å²) < 4.78 is 44.2. The van der Waals surface area contributed by atoms with Gasteiger partial charge in [0.05, 0.1) is 15.0 Å². The number of aromatic nitrogens is 2. The van der Waals surface area contributed by atoms with Crippen molar-refractivity contribution in [2.45, 2.75) is 20.7 Å². The lowest BCUT2D eigenvalue weighted by atomic mass is 10.3. The van der Waals surface area contributed by atoms with Crippen molar-refractivity contribution >= 4 is 11.6 Å². The molecule has 0 bridgehead atoms. The van der Waals surface area contributed by atoms with Crippen LogP contribution in [0, 0.1) is 13.8 Å². The number of hydrogen-bond donors (Lipinski definition) is 0. The van der Waals surface area contributed by atoms with Crippen LogP contribution in [0.2, 0.25) is 0 Å². The second-order valence-corrected chi connectivity index (χ2v) is 3.25. The number of rotatable bonds is 2. The number of nitrogens with zero attached hydrogens (tertiary/aromatic N) is 2. The lowest BCUT2D eigenvalue weighted by molar-refractivity contribution is 0.0517. The quantitative estimate of drug-likeness (QED) is 0.732. The Morgan fingerprint density at radius 2 is 2.56 bits per heavy atom. The summed E-state index contributed by atoms with van der Waals surface area (Å²) in [5.74, 6) is -0.834. The zero-order valence-electron chi connectivity index (χ0n) is 14.0.